The molecule has 0 aliphatic carbocycles. The average Bonchev–Trinajstić information content (AvgIpc) is 2.16. The van der Waals surface area contributed by atoms with Crippen LogP contribution in [-0.4, -0.2) is 29.6 Å². The van der Waals surface area contributed by atoms with Gasteiger partial charge in [-0.2, -0.15) is 0 Å². The van der Waals surface area contributed by atoms with E-state index in [4.69, 9.17) is 0 Å². The van der Waals surface area contributed by atoms with E-state index in [1.807, 2.05) is 18.7 Å². The number of amides is 2. The largest absolute Gasteiger partial charge is 0.336 e. The Morgan fingerprint density at radius 2 is 1.62 bits per heavy atom. The van der Waals surface area contributed by atoms with Crippen molar-refractivity contribution in [2.45, 2.75) is 66.5 Å². The third kappa shape index (κ3) is 5.38. The number of hydrogen-bond acceptors (Lipinski definition) is 1. The van der Waals surface area contributed by atoms with Crippen LogP contribution in [0.15, 0.2) is 0 Å². The molecule has 16 heavy (non-hydrogen) atoms. The van der Waals surface area contributed by atoms with Gasteiger partial charge in [-0.3, -0.25) is 0 Å². The van der Waals surface area contributed by atoms with Crippen LogP contribution in [0, 0.1) is 5.92 Å². The van der Waals surface area contributed by atoms with Crippen LogP contribution >= 0.6 is 0 Å². The Bertz CT molecular complexity index is 198. The lowest BCUT2D eigenvalue weighted by molar-refractivity contribution is 0.158. The maximum absolute atomic E-state index is 12.1. The van der Waals surface area contributed by atoms with E-state index in [1.54, 1.807) is 0 Å². The van der Waals surface area contributed by atoms with Crippen LogP contribution in [0.5, 0.6) is 0 Å². The quantitative estimate of drug-likeness (QED) is 0.743. The lowest BCUT2D eigenvalue weighted by Crippen LogP contribution is -2.49. The molecule has 0 aromatic rings. The van der Waals surface area contributed by atoms with Gasteiger partial charge in [-0.05, 0) is 32.6 Å². The van der Waals surface area contributed by atoms with Crippen LogP contribution < -0.4 is 5.32 Å². The molecule has 0 aromatic carbocycles. The Balaban J connectivity index is 4.57. The fourth-order valence-corrected chi connectivity index (χ4v) is 1.85. The van der Waals surface area contributed by atoms with E-state index in [1.165, 1.54) is 0 Å². The second kappa shape index (κ2) is 7.53. The highest BCUT2D eigenvalue weighted by Crippen LogP contribution is 2.11. The zero-order chi connectivity index (χ0) is 12.7. The second-order valence-corrected chi connectivity index (χ2v) is 5.12. The first kappa shape index (κ1) is 15.3. The molecule has 0 saturated carbocycles. The van der Waals surface area contributed by atoms with E-state index >= 15 is 0 Å². The molecule has 0 radical (unpaired) electrons. The van der Waals surface area contributed by atoms with Gasteiger partial charge in [0.2, 0.25) is 0 Å². The zero-order valence-corrected chi connectivity index (χ0v) is 11.7. The molecule has 0 heterocycles. The van der Waals surface area contributed by atoms with Crippen LogP contribution in [0.25, 0.3) is 0 Å². The second-order valence-electron chi connectivity index (χ2n) is 5.12. The molecule has 1 N–H and O–H groups in total. The molecule has 0 aromatic heterocycles. The number of rotatable bonds is 6. The molecule has 3 heteroatoms. The minimum atomic E-state index is 0.0809. The lowest BCUT2D eigenvalue weighted by atomic mass is 10.1. The molecule has 2 amide bonds. The van der Waals surface area contributed by atoms with Gasteiger partial charge in [0.05, 0.1) is 0 Å². The van der Waals surface area contributed by atoms with Gasteiger partial charge in [-0.1, -0.05) is 27.7 Å². The van der Waals surface area contributed by atoms with Crippen LogP contribution in [0.3, 0.4) is 0 Å². The summed E-state index contributed by atoms with van der Waals surface area (Å²) in [7, 11) is 0. The Labute approximate surface area is 101 Å². The van der Waals surface area contributed by atoms with Crippen molar-refractivity contribution in [2.75, 3.05) is 6.54 Å². The molecule has 0 aliphatic rings. The van der Waals surface area contributed by atoms with Crippen LogP contribution in [-0.2, 0) is 0 Å². The first-order chi connectivity index (χ1) is 7.42. The summed E-state index contributed by atoms with van der Waals surface area (Å²) in [5, 5.41) is 2.98. The fraction of sp³-hybridized carbons (Fsp3) is 0.923. The predicted molar refractivity (Wildman–Crippen MR) is 69.6 cm³/mol. The summed E-state index contributed by atoms with van der Waals surface area (Å²) >= 11 is 0. The molecule has 0 unspecified atom stereocenters. The average molecular weight is 228 g/mol. The molecule has 0 rings (SSSR count). The first-order valence-corrected chi connectivity index (χ1v) is 6.49. The summed E-state index contributed by atoms with van der Waals surface area (Å²) in [6.45, 7) is 13.4. The van der Waals surface area contributed by atoms with Crippen molar-refractivity contribution in [2.24, 2.45) is 5.92 Å². The van der Waals surface area contributed by atoms with Gasteiger partial charge in [-0.15, -0.1) is 0 Å². The molecule has 96 valence electrons. The fourth-order valence-electron chi connectivity index (χ4n) is 1.85. The molecule has 0 saturated heterocycles. The van der Waals surface area contributed by atoms with Gasteiger partial charge in [0.15, 0.2) is 0 Å². The Morgan fingerprint density at radius 3 is 1.94 bits per heavy atom. The smallest absolute Gasteiger partial charge is 0.317 e. The molecule has 0 aliphatic heterocycles. The Kier molecular flexibility index (Phi) is 7.18. The topological polar surface area (TPSA) is 32.3 Å². The zero-order valence-electron chi connectivity index (χ0n) is 11.7. The number of nitrogens with zero attached hydrogens (tertiary/aromatic N) is 1. The summed E-state index contributed by atoms with van der Waals surface area (Å²) in [5.74, 6) is 0.513. The maximum Gasteiger partial charge on any atom is 0.317 e. The van der Waals surface area contributed by atoms with Crippen molar-refractivity contribution >= 4 is 6.03 Å². The highest BCUT2D eigenvalue weighted by molar-refractivity contribution is 5.74. The SMILES string of the molecule is CCC(CC)N(CC(C)C)C(=O)NC(C)C. The van der Waals surface area contributed by atoms with E-state index in [9.17, 15) is 4.79 Å². The van der Waals surface area contributed by atoms with Crippen molar-refractivity contribution in [3.05, 3.63) is 0 Å². The van der Waals surface area contributed by atoms with E-state index < -0.39 is 0 Å². The molecule has 3 nitrogen and oxygen atoms in total. The molecule has 0 fully saturated rings. The van der Waals surface area contributed by atoms with E-state index in [0.29, 0.717) is 12.0 Å². The van der Waals surface area contributed by atoms with Gasteiger partial charge >= 0.3 is 6.03 Å². The minimum absolute atomic E-state index is 0.0809. The normalized spacial score (nSPS) is 11.3. The van der Waals surface area contributed by atoms with Crippen LogP contribution in [0.4, 0.5) is 4.79 Å². The van der Waals surface area contributed by atoms with Crippen molar-refractivity contribution in [3.63, 3.8) is 0 Å². The Hall–Kier alpha value is -0.730. The highest BCUT2D eigenvalue weighted by atomic mass is 16.2. The van der Waals surface area contributed by atoms with Crippen LogP contribution in [0.2, 0.25) is 0 Å². The van der Waals surface area contributed by atoms with Crippen molar-refractivity contribution in [1.29, 1.82) is 0 Å². The number of hydrogen-bond donors (Lipinski definition) is 1. The molecule has 0 atom stereocenters. The summed E-state index contributed by atoms with van der Waals surface area (Å²) in [5.41, 5.74) is 0. The standard InChI is InChI=1S/C13H28N2O/c1-7-12(8-2)15(9-10(3)4)13(16)14-11(5)6/h10-12H,7-9H2,1-6H3,(H,14,16). The number of carbonyl (C=O) groups excluding carboxylic acids is 1. The Morgan fingerprint density at radius 1 is 1.12 bits per heavy atom. The van der Waals surface area contributed by atoms with Crippen molar-refractivity contribution in [3.8, 4) is 0 Å². The summed E-state index contributed by atoms with van der Waals surface area (Å²) in [6.07, 6.45) is 2.05. The molecular weight excluding hydrogens is 200 g/mol. The predicted octanol–water partition coefficient (Wildman–Crippen LogP) is 3.25. The van der Waals surface area contributed by atoms with E-state index in [0.717, 1.165) is 19.4 Å². The summed E-state index contributed by atoms with van der Waals surface area (Å²) in [6, 6.07) is 0.648. The summed E-state index contributed by atoms with van der Waals surface area (Å²) < 4.78 is 0. The van der Waals surface area contributed by atoms with Gasteiger partial charge in [0.1, 0.15) is 0 Å². The third-order valence-corrected chi connectivity index (χ3v) is 2.62. The maximum atomic E-state index is 12.1. The molecular formula is C13H28N2O. The highest BCUT2D eigenvalue weighted by Gasteiger charge is 2.21. The minimum Gasteiger partial charge on any atom is -0.336 e. The van der Waals surface area contributed by atoms with Crippen LogP contribution in [0.1, 0.15) is 54.4 Å². The molecule has 0 bridgehead atoms. The van der Waals surface area contributed by atoms with E-state index in [-0.39, 0.29) is 12.1 Å². The van der Waals surface area contributed by atoms with Gasteiger partial charge in [0.25, 0.3) is 0 Å². The number of urea groups is 1. The third-order valence-electron chi connectivity index (χ3n) is 2.62. The van der Waals surface area contributed by atoms with Gasteiger partial charge < -0.3 is 10.2 Å². The number of nitrogens with one attached hydrogen (secondary N) is 1. The monoisotopic (exact) mass is 228 g/mol. The van der Waals surface area contributed by atoms with Crippen molar-refractivity contribution < 1.29 is 4.79 Å². The molecule has 0 spiro atoms. The lowest BCUT2D eigenvalue weighted by Gasteiger charge is -2.32. The van der Waals surface area contributed by atoms with E-state index in [2.05, 4.69) is 33.0 Å². The van der Waals surface area contributed by atoms with Gasteiger partial charge in [0, 0.05) is 18.6 Å². The van der Waals surface area contributed by atoms with Gasteiger partial charge in [-0.25, -0.2) is 4.79 Å². The van der Waals surface area contributed by atoms with Crippen molar-refractivity contribution in [1.82, 2.24) is 10.2 Å². The number of carbonyl (C=O) groups is 1. The first-order valence-electron chi connectivity index (χ1n) is 6.49. The summed E-state index contributed by atoms with van der Waals surface area (Å²) in [4.78, 5) is 14.1.